The van der Waals surface area contributed by atoms with Crippen LogP contribution in [0.25, 0.3) is 0 Å². The minimum absolute atomic E-state index is 0.0589. The molecule has 18 heavy (non-hydrogen) atoms. The molecule has 1 N–H and O–H groups in total. The van der Waals surface area contributed by atoms with Gasteiger partial charge in [-0.05, 0) is 19.1 Å². The number of hydrogen-bond acceptors (Lipinski definition) is 4. The second-order valence-corrected chi connectivity index (χ2v) is 4.26. The first-order valence-electron chi connectivity index (χ1n) is 5.08. The van der Waals surface area contributed by atoms with Gasteiger partial charge in [-0.1, -0.05) is 23.2 Å². The maximum atomic E-state index is 11.8. The normalized spacial score (nSPS) is 10.4. The summed E-state index contributed by atoms with van der Waals surface area (Å²) in [7, 11) is 0. The van der Waals surface area contributed by atoms with Crippen LogP contribution in [0.2, 0.25) is 10.3 Å². The molecule has 0 atom stereocenters. The quantitative estimate of drug-likeness (QED) is 0.881. The molecule has 0 unspecified atom stereocenters. The number of oxazole rings is 1. The summed E-state index contributed by atoms with van der Waals surface area (Å²) in [6.07, 6.45) is 1.58. The summed E-state index contributed by atoms with van der Waals surface area (Å²) in [5.74, 6) is 0.754. The number of nitrogens with zero attached hydrogens (tertiary/aromatic N) is 2. The van der Waals surface area contributed by atoms with E-state index in [9.17, 15) is 4.79 Å². The lowest BCUT2D eigenvalue weighted by Crippen LogP contribution is -2.23. The summed E-state index contributed by atoms with van der Waals surface area (Å²) in [5.41, 5.74) is 0.254. The Morgan fingerprint density at radius 2 is 2.22 bits per heavy atom. The minimum Gasteiger partial charge on any atom is -0.444 e. The van der Waals surface area contributed by atoms with Gasteiger partial charge >= 0.3 is 0 Å². The van der Waals surface area contributed by atoms with Crippen LogP contribution < -0.4 is 5.32 Å². The largest absolute Gasteiger partial charge is 0.444 e. The zero-order valence-corrected chi connectivity index (χ0v) is 10.9. The van der Waals surface area contributed by atoms with Crippen molar-refractivity contribution in [2.45, 2.75) is 13.5 Å². The highest BCUT2D eigenvalue weighted by molar-refractivity contribution is 6.34. The third kappa shape index (κ3) is 3.00. The number of rotatable bonds is 3. The fraction of sp³-hybridized carbons (Fsp3) is 0.182. The standard InChI is InChI=1S/C11H9Cl2N3O2/c1-6-4-14-9(18-6)5-15-11(17)7-2-3-8(12)16-10(7)13/h2-4H,5H2,1H3,(H,15,17). The van der Waals surface area contributed by atoms with E-state index in [0.717, 1.165) is 0 Å². The van der Waals surface area contributed by atoms with E-state index in [2.05, 4.69) is 15.3 Å². The molecule has 2 heterocycles. The van der Waals surface area contributed by atoms with Gasteiger partial charge in [0.25, 0.3) is 5.91 Å². The van der Waals surface area contributed by atoms with E-state index in [1.165, 1.54) is 12.1 Å². The molecule has 0 fully saturated rings. The number of pyridine rings is 1. The van der Waals surface area contributed by atoms with Crippen LogP contribution >= 0.6 is 23.2 Å². The van der Waals surface area contributed by atoms with Gasteiger partial charge in [0, 0.05) is 0 Å². The highest BCUT2D eigenvalue weighted by Gasteiger charge is 2.12. The molecule has 0 saturated heterocycles. The third-order valence-corrected chi connectivity index (χ3v) is 2.63. The zero-order chi connectivity index (χ0) is 13.1. The molecule has 0 aromatic carbocycles. The summed E-state index contributed by atoms with van der Waals surface area (Å²) < 4.78 is 5.22. The molecular formula is C11H9Cl2N3O2. The van der Waals surface area contributed by atoms with Gasteiger partial charge < -0.3 is 9.73 Å². The molecule has 1 amide bonds. The fourth-order valence-corrected chi connectivity index (χ4v) is 1.75. The topological polar surface area (TPSA) is 68.0 Å². The summed E-state index contributed by atoms with van der Waals surface area (Å²) in [6, 6.07) is 3.01. The number of aromatic nitrogens is 2. The highest BCUT2D eigenvalue weighted by Crippen LogP contribution is 2.16. The number of carbonyl (C=O) groups is 1. The molecule has 5 nitrogen and oxygen atoms in total. The summed E-state index contributed by atoms with van der Waals surface area (Å²) in [4.78, 5) is 19.6. The van der Waals surface area contributed by atoms with Crippen LogP contribution in [0.15, 0.2) is 22.7 Å². The maximum absolute atomic E-state index is 11.8. The van der Waals surface area contributed by atoms with E-state index in [4.69, 9.17) is 27.6 Å². The van der Waals surface area contributed by atoms with Crippen LogP contribution in [0.1, 0.15) is 22.0 Å². The zero-order valence-electron chi connectivity index (χ0n) is 9.41. The second kappa shape index (κ2) is 5.37. The van der Waals surface area contributed by atoms with Gasteiger partial charge in [0.05, 0.1) is 18.3 Å². The highest BCUT2D eigenvalue weighted by atomic mass is 35.5. The Bertz CT molecular complexity index is 583. The molecule has 0 aliphatic heterocycles. The summed E-state index contributed by atoms with van der Waals surface area (Å²) >= 11 is 11.5. The minimum atomic E-state index is -0.361. The average Bonchev–Trinajstić information content (AvgIpc) is 2.72. The van der Waals surface area contributed by atoms with Crippen LogP contribution in [-0.2, 0) is 6.54 Å². The predicted molar refractivity (Wildman–Crippen MR) is 66.7 cm³/mol. The average molecular weight is 286 g/mol. The van der Waals surface area contributed by atoms with E-state index in [1.807, 2.05) is 0 Å². The van der Waals surface area contributed by atoms with Crippen molar-refractivity contribution in [2.75, 3.05) is 0 Å². The van der Waals surface area contributed by atoms with E-state index in [1.54, 1.807) is 13.1 Å². The summed E-state index contributed by atoms with van der Waals surface area (Å²) in [6.45, 7) is 1.96. The van der Waals surface area contributed by atoms with Crippen molar-refractivity contribution in [1.82, 2.24) is 15.3 Å². The number of halogens is 2. The van der Waals surface area contributed by atoms with Gasteiger partial charge in [-0.15, -0.1) is 0 Å². The molecule has 2 rings (SSSR count). The third-order valence-electron chi connectivity index (χ3n) is 2.13. The summed E-state index contributed by atoms with van der Waals surface area (Å²) in [5, 5.41) is 2.92. The lowest BCUT2D eigenvalue weighted by Gasteiger charge is -2.04. The van der Waals surface area contributed by atoms with E-state index in [0.29, 0.717) is 11.7 Å². The number of aryl methyl sites for hydroxylation is 1. The van der Waals surface area contributed by atoms with Gasteiger partial charge in [-0.25, -0.2) is 9.97 Å². The molecule has 0 aliphatic carbocycles. The smallest absolute Gasteiger partial charge is 0.254 e. The second-order valence-electron chi connectivity index (χ2n) is 3.52. The van der Waals surface area contributed by atoms with Crippen molar-refractivity contribution >= 4 is 29.1 Å². The van der Waals surface area contributed by atoms with E-state index >= 15 is 0 Å². The van der Waals surface area contributed by atoms with Crippen LogP contribution in [0.5, 0.6) is 0 Å². The van der Waals surface area contributed by atoms with Gasteiger partial charge in [-0.2, -0.15) is 0 Å². The molecule has 94 valence electrons. The Hall–Kier alpha value is -1.59. The Morgan fingerprint density at radius 3 is 2.83 bits per heavy atom. The van der Waals surface area contributed by atoms with Gasteiger partial charge in [-0.3, -0.25) is 4.79 Å². The molecule has 2 aromatic heterocycles. The molecular weight excluding hydrogens is 277 g/mol. The Kier molecular flexibility index (Phi) is 3.84. The van der Waals surface area contributed by atoms with Crippen molar-refractivity contribution in [2.24, 2.45) is 0 Å². The lowest BCUT2D eigenvalue weighted by atomic mass is 10.2. The van der Waals surface area contributed by atoms with Gasteiger partial charge in [0.2, 0.25) is 5.89 Å². The van der Waals surface area contributed by atoms with E-state index < -0.39 is 0 Å². The molecule has 0 bridgehead atoms. The van der Waals surface area contributed by atoms with Crippen LogP contribution in [0, 0.1) is 6.92 Å². The van der Waals surface area contributed by atoms with Crippen molar-refractivity contribution < 1.29 is 9.21 Å². The van der Waals surface area contributed by atoms with Crippen molar-refractivity contribution in [3.63, 3.8) is 0 Å². The Labute approximate surface area is 113 Å². The molecule has 0 radical (unpaired) electrons. The number of amides is 1. The molecule has 7 heteroatoms. The number of hydrogen-bond donors (Lipinski definition) is 1. The van der Waals surface area contributed by atoms with Crippen molar-refractivity contribution in [3.05, 3.63) is 45.9 Å². The van der Waals surface area contributed by atoms with Crippen molar-refractivity contribution in [3.8, 4) is 0 Å². The Balaban J connectivity index is 2.03. The van der Waals surface area contributed by atoms with E-state index in [-0.39, 0.29) is 28.3 Å². The maximum Gasteiger partial charge on any atom is 0.254 e. The van der Waals surface area contributed by atoms with Crippen LogP contribution in [0.4, 0.5) is 0 Å². The molecule has 0 spiro atoms. The van der Waals surface area contributed by atoms with Gasteiger partial charge in [0.1, 0.15) is 16.1 Å². The Morgan fingerprint density at radius 1 is 1.44 bits per heavy atom. The first kappa shape index (κ1) is 12.9. The number of nitrogens with one attached hydrogen (secondary N) is 1. The molecule has 0 aliphatic rings. The fourth-order valence-electron chi connectivity index (χ4n) is 1.32. The first-order chi connectivity index (χ1) is 8.56. The molecule has 0 saturated carbocycles. The molecule has 2 aromatic rings. The van der Waals surface area contributed by atoms with Crippen molar-refractivity contribution in [1.29, 1.82) is 0 Å². The predicted octanol–water partition coefficient (Wildman–Crippen LogP) is 2.61. The lowest BCUT2D eigenvalue weighted by molar-refractivity contribution is 0.0947. The van der Waals surface area contributed by atoms with Gasteiger partial charge in [0.15, 0.2) is 0 Å². The monoisotopic (exact) mass is 285 g/mol. The van der Waals surface area contributed by atoms with Crippen LogP contribution in [0.3, 0.4) is 0 Å². The first-order valence-corrected chi connectivity index (χ1v) is 5.83. The van der Waals surface area contributed by atoms with Crippen LogP contribution in [-0.4, -0.2) is 15.9 Å². The number of carbonyl (C=O) groups excluding carboxylic acids is 1. The SMILES string of the molecule is Cc1cnc(CNC(=O)c2ccc(Cl)nc2Cl)o1.